The van der Waals surface area contributed by atoms with Gasteiger partial charge in [0.1, 0.15) is 16.9 Å². The molecule has 116 valence electrons. The van der Waals surface area contributed by atoms with Gasteiger partial charge in [0.15, 0.2) is 5.17 Å². The summed E-state index contributed by atoms with van der Waals surface area (Å²) in [5.74, 6) is -2.36. The molecule has 2 fully saturated rings. The SMILES string of the molecule is O=C(C[C@H]1SC(=NC2CC2)NC1=O)Nc1ccc(F)cc1F. The van der Waals surface area contributed by atoms with Crippen molar-refractivity contribution in [2.24, 2.45) is 4.99 Å². The first kappa shape index (κ1) is 15.0. The van der Waals surface area contributed by atoms with Crippen molar-refractivity contribution >= 4 is 34.4 Å². The molecule has 1 aromatic carbocycles. The summed E-state index contributed by atoms with van der Waals surface area (Å²) in [6, 6.07) is 3.16. The molecule has 0 unspecified atom stereocenters. The summed E-state index contributed by atoms with van der Waals surface area (Å²) in [5, 5.41) is 4.93. The number of amidine groups is 1. The lowest BCUT2D eigenvalue weighted by atomic mass is 10.2. The van der Waals surface area contributed by atoms with E-state index in [2.05, 4.69) is 15.6 Å². The van der Waals surface area contributed by atoms with E-state index in [9.17, 15) is 18.4 Å². The average molecular weight is 325 g/mol. The van der Waals surface area contributed by atoms with E-state index in [1.807, 2.05) is 0 Å². The molecule has 1 aromatic rings. The van der Waals surface area contributed by atoms with Gasteiger partial charge in [-0.15, -0.1) is 0 Å². The lowest BCUT2D eigenvalue weighted by molar-refractivity contribution is -0.122. The number of nitrogens with zero attached hydrogens (tertiary/aromatic N) is 1. The molecule has 1 aliphatic heterocycles. The average Bonchev–Trinajstić information content (AvgIpc) is 3.18. The Hall–Kier alpha value is -1.96. The van der Waals surface area contributed by atoms with E-state index in [-0.39, 0.29) is 24.1 Å². The quantitative estimate of drug-likeness (QED) is 0.890. The van der Waals surface area contributed by atoms with Crippen molar-refractivity contribution in [3.63, 3.8) is 0 Å². The molecular weight excluding hydrogens is 312 g/mol. The maximum atomic E-state index is 13.5. The Kier molecular flexibility index (Phi) is 4.10. The molecule has 3 rings (SSSR count). The third-order valence-electron chi connectivity index (χ3n) is 3.20. The minimum atomic E-state index is -0.854. The van der Waals surface area contributed by atoms with Gasteiger partial charge >= 0.3 is 0 Å². The van der Waals surface area contributed by atoms with Gasteiger partial charge in [-0.25, -0.2) is 8.78 Å². The minimum absolute atomic E-state index is 0.100. The predicted octanol–water partition coefficient (Wildman–Crippen LogP) is 2.04. The molecule has 0 spiro atoms. The molecule has 22 heavy (non-hydrogen) atoms. The standard InChI is InChI=1S/C14H13F2N3O2S/c15-7-1-4-10(9(16)5-7)18-12(20)6-11-13(21)19-14(22-11)17-8-2-3-8/h1,4-5,8,11H,2-3,6H2,(H,18,20)(H,17,19,21)/t11-/m1/s1. The van der Waals surface area contributed by atoms with E-state index in [1.165, 1.54) is 11.8 Å². The fourth-order valence-electron chi connectivity index (χ4n) is 1.93. The van der Waals surface area contributed by atoms with Gasteiger partial charge in [-0.3, -0.25) is 14.6 Å². The van der Waals surface area contributed by atoms with Crippen molar-refractivity contribution in [3.05, 3.63) is 29.8 Å². The summed E-state index contributed by atoms with van der Waals surface area (Å²) in [4.78, 5) is 28.0. The third kappa shape index (κ3) is 3.62. The summed E-state index contributed by atoms with van der Waals surface area (Å²) >= 11 is 1.21. The molecule has 1 saturated heterocycles. The van der Waals surface area contributed by atoms with E-state index < -0.39 is 22.8 Å². The molecule has 8 heteroatoms. The van der Waals surface area contributed by atoms with E-state index in [4.69, 9.17) is 0 Å². The van der Waals surface area contributed by atoms with Gasteiger partial charge in [-0.2, -0.15) is 0 Å². The molecule has 1 heterocycles. The summed E-state index contributed by atoms with van der Waals surface area (Å²) < 4.78 is 26.2. The number of halogens is 2. The fourth-order valence-corrected chi connectivity index (χ4v) is 2.97. The molecule has 1 saturated carbocycles. The summed E-state index contributed by atoms with van der Waals surface area (Å²) in [6.07, 6.45) is 1.95. The Bertz CT molecular complexity index is 661. The smallest absolute Gasteiger partial charge is 0.240 e. The molecule has 0 radical (unpaired) electrons. The van der Waals surface area contributed by atoms with E-state index in [0.717, 1.165) is 25.0 Å². The van der Waals surface area contributed by atoms with Crippen LogP contribution >= 0.6 is 11.8 Å². The van der Waals surface area contributed by atoms with Crippen LogP contribution in [0.1, 0.15) is 19.3 Å². The third-order valence-corrected chi connectivity index (χ3v) is 4.30. The molecule has 2 N–H and O–H groups in total. The highest BCUT2D eigenvalue weighted by Gasteiger charge is 2.33. The molecule has 2 aliphatic rings. The molecule has 0 aromatic heterocycles. The number of aliphatic imine (C=N–C) groups is 1. The van der Waals surface area contributed by atoms with Crippen molar-refractivity contribution in [1.29, 1.82) is 0 Å². The van der Waals surface area contributed by atoms with Crippen LogP contribution in [0.25, 0.3) is 0 Å². The zero-order chi connectivity index (χ0) is 15.7. The lowest BCUT2D eigenvalue weighted by Crippen LogP contribution is -2.28. The van der Waals surface area contributed by atoms with Crippen LogP contribution in [0.4, 0.5) is 14.5 Å². The zero-order valence-corrected chi connectivity index (χ0v) is 12.3. The van der Waals surface area contributed by atoms with Crippen molar-refractivity contribution < 1.29 is 18.4 Å². The van der Waals surface area contributed by atoms with Gasteiger partial charge < -0.3 is 10.6 Å². The maximum absolute atomic E-state index is 13.5. The van der Waals surface area contributed by atoms with Crippen molar-refractivity contribution in [3.8, 4) is 0 Å². The van der Waals surface area contributed by atoms with Gasteiger partial charge in [0.05, 0.1) is 11.7 Å². The summed E-state index contributed by atoms with van der Waals surface area (Å²) in [5.41, 5.74) is -0.110. The van der Waals surface area contributed by atoms with Crippen LogP contribution in [0, 0.1) is 11.6 Å². The van der Waals surface area contributed by atoms with Crippen molar-refractivity contribution in [2.45, 2.75) is 30.6 Å². The van der Waals surface area contributed by atoms with Crippen LogP contribution in [0.2, 0.25) is 0 Å². The monoisotopic (exact) mass is 325 g/mol. The van der Waals surface area contributed by atoms with Crippen molar-refractivity contribution in [2.75, 3.05) is 5.32 Å². The van der Waals surface area contributed by atoms with Gasteiger partial charge in [0, 0.05) is 12.5 Å². The second-order valence-electron chi connectivity index (χ2n) is 5.14. The molecule has 0 bridgehead atoms. The first-order valence-electron chi connectivity index (χ1n) is 6.81. The Morgan fingerprint density at radius 3 is 2.86 bits per heavy atom. The fraction of sp³-hybridized carbons (Fsp3) is 0.357. The number of rotatable bonds is 4. The minimum Gasteiger partial charge on any atom is -0.324 e. The van der Waals surface area contributed by atoms with E-state index in [0.29, 0.717) is 11.2 Å². The van der Waals surface area contributed by atoms with Crippen LogP contribution in [-0.2, 0) is 9.59 Å². The maximum Gasteiger partial charge on any atom is 0.240 e. The number of hydrogen-bond acceptors (Lipinski definition) is 4. The van der Waals surface area contributed by atoms with Crippen LogP contribution in [-0.4, -0.2) is 28.3 Å². The van der Waals surface area contributed by atoms with Crippen LogP contribution < -0.4 is 10.6 Å². The van der Waals surface area contributed by atoms with E-state index >= 15 is 0 Å². The highest BCUT2D eigenvalue weighted by atomic mass is 32.2. The van der Waals surface area contributed by atoms with Gasteiger partial charge in [0.25, 0.3) is 0 Å². The van der Waals surface area contributed by atoms with Crippen LogP contribution in [0.15, 0.2) is 23.2 Å². The normalized spacial score (nSPS) is 22.7. The molecular formula is C14H13F2N3O2S. The Labute approximate surface area is 129 Å². The second kappa shape index (κ2) is 6.04. The van der Waals surface area contributed by atoms with Gasteiger partial charge in [-0.1, -0.05) is 11.8 Å². The van der Waals surface area contributed by atoms with Crippen molar-refractivity contribution in [1.82, 2.24) is 5.32 Å². The van der Waals surface area contributed by atoms with Crippen LogP contribution in [0.3, 0.4) is 0 Å². The number of nitrogens with one attached hydrogen (secondary N) is 2. The largest absolute Gasteiger partial charge is 0.324 e. The molecule has 5 nitrogen and oxygen atoms in total. The predicted molar refractivity (Wildman–Crippen MR) is 79.6 cm³/mol. The number of thioether (sulfide) groups is 1. The number of carbonyl (C=O) groups excluding carboxylic acids is 2. The van der Waals surface area contributed by atoms with Gasteiger partial charge in [-0.05, 0) is 25.0 Å². The van der Waals surface area contributed by atoms with Gasteiger partial charge in [0.2, 0.25) is 11.8 Å². The highest BCUT2D eigenvalue weighted by Crippen LogP contribution is 2.29. The molecule has 1 atom stereocenters. The number of hydrogen-bond donors (Lipinski definition) is 2. The number of anilines is 1. The zero-order valence-electron chi connectivity index (χ0n) is 11.4. The number of carbonyl (C=O) groups is 2. The topological polar surface area (TPSA) is 70.6 Å². The number of amides is 2. The molecule has 2 amide bonds. The first-order valence-corrected chi connectivity index (χ1v) is 7.69. The molecule has 1 aliphatic carbocycles. The second-order valence-corrected chi connectivity index (χ2v) is 6.33. The lowest BCUT2D eigenvalue weighted by Gasteiger charge is -2.08. The Balaban J connectivity index is 1.58. The Morgan fingerprint density at radius 1 is 1.41 bits per heavy atom. The summed E-state index contributed by atoms with van der Waals surface area (Å²) in [7, 11) is 0. The summed E-state index contributed by atoms with van der Waals surface area (Å²) in [6.45, 7) is 0. The highest BCUT2D eigenvalue weighted by molar-refractivity contribution is 8.15. The van der Waals surface area contributed by atoms with E-state index in [1.54, 1.807) is 0 Å². The van der Waals surface area contributed by atoms with Crippen LogP contribution in [0.5, 0.6) is 0 Å². The first-order chi connectivity index (χ1) is 10.5. The Morgan fingerprint density at radius 2 is 2.18 bits per heavy atom. The number of benzene rings is 1.